The molecule has 1 aliphatic heterocycles. The Bertz CT molecular complexity index is 1020. The van der Waals surface area contributed by atoms with Crippen molar-refractivity contribution in [2.75, 3.05) is 16.8 Å². The number of amides is 2. The zero-order valence-electron chi connectivity index (χ0n) is 14.0. The van der Waals surface area contributed by atoms with Gasteiger partial charge in [-0.05, 0) is 42.8 Å². The lowest BCUT2D eigenvalue weighted by atomic mass is 10.1. The third-order valence-electron chi connectivity index (χ3n) is 4.39. The van der Waals surface area contributed by atoms with Crippen LogP contribution in [0, 0.1) is 12.8 Å². The average Bonchev–Trinajstić information content (AvgIpc) is 3.17. The minimum absolute atomic E-state index is 0.0765. The number of benzene rings is 2. The molecule has 7 heteroatoms. The number of aromatic nitrogens is 1. The van der Waals surface area contributed by atoms with Crippen LogP contribution < -0.4 is 10.2 Å². The summed E-state index contributed by atoms with van der Waals surface area (Å²) in [5, 5.41) is 3.98. The highest BCUT2D eigenvalue weighted by Gasteiger charge is 2.35. The molecule has 0 radical (unpaired) electrons. The Hall–Kier alpha value is -2.44. The van der Waals surface area contributed by atoms with Gasteiger partial charge in [0.25, 0.3) is 0 Å². The molecule has 3 aromatic rings. The van der Waals surface area contributed by atoms with Crippen LogP contribution >= 0.6 is 22.9 Å². The number of carbonyl (C=O) groups is 2. The van der Waals surface area contributed by atoms with Gasteiger partial charge in [0.05, 0.1) is 16.1 Å². The molecule has 0 aliphatic carbocycles. The smallest absolute Gasteiger partial charge is 0.231 e. The van der Waals surface area contributed by atoms with Crippen LogP contribution in [0.5, 0.6) is 0 Å². The summed E-state index contributed by atoms with van der Waals surface area (Å²) in [6, 6.07) is 13.1. The molecule has 0 saturated carbocycles. The minimum atomic E-state index is -0.407. The Labute approximate surface area is 159 Å². The largest absolute Gasteiger partial charge is 0.312 e. The maximum atomic E-state index is 12.6. The van der Waals surface area contributed by atoms with Gasteiger partial charge in [0, 0.05) is 23.7 Å². The molecule has 0 spiro atoms. The van der Waals surface area contributed by atoms with E-state index in [1.165, 1.54) is 11.3 Å². The van der Waals surface area contributed by atoms with E-state index < -0.39 is 5.92 Å². The molecule has 4 rings (SSSR count). The Morgan fingerprint density at radius 2 is 2.15 bits per heavy atom. The molecule has 132 valence electrons. The lowest BCUT2D eigenvalue weighted by molar-refractivity contribution is -0.122. The fourth-order valence-corrected chi connectivity index (χ4v) is 4.22. The zero-order chi connectivity index (χ0) is 18.3. The molecule has 1 saturated heterocycles. The molecule has 0 bridgehead atoms. The maximum absolute atomic E-state index is 12.6. The number of carbonyl (C=O) groups excluding carboxylic acids is 2. The molecule has 1 atom stereocenters. The minimum Gasteiger partial charge on any atom is -0.312 e. The third-order valence-corrected chi connectivity index (χ3v) is 5.56. The first kappa shape index (κ1) is 17.0. The van der Waals surface area contributed by atoms with Gasteiger partial charge in [0.15, 0.2) is 5.13 Å². The highest BCUT2D eigenvalue weighted by Crippen LogP contribution is 2.30. The van der Waals surface area contributed by atoms with Crippen molar-refractivity contribution in [2.24, 2.45) is 5.92 Å². The van der Waals surface area contributed by atoms with Crippen LogP contribution in [0.2, 0.25) is 5.02 Å². The van der Waals surface area contributed by atoms with E-state index in [-0.39, 0.29) is 18.2 Å². The fraction of sp³-hybridized carbons (Fsp3) is 0.211. The molecule has 2 aromatic carbocycles. The van der Waals surface area contributed by atoms with Crippen molar-refractivity contribution in [3.8, 4) is 0 Å². The lowest BCUT2D eigenvalue weighted by Crippen LogP contribution is -2.28. The number of anilines is 2. The third kappa shape index (κ3) is 3.30. The fourth-order valence-electron chi connectivity index (χ4n) is 3.07. The lowest BCUT2D eigenvalue weighted by Gasteiger charge is -2.16. The number of nitrogens with zero attached hydrogens (tertiary/aromatic N) is 2. The topological polar surface area (TPSA) is 62.3 Å². The number of aryl methyl sites for hydroxylation is 1. The van der Waals surface area contributed by atoms with E-state index in [1.807, 2.05) is 31.2 Å². The van der Waals surface area contributed by atoms with Gasteiger partial charge >= 0.3 is 0 Å². The van der Waals surface area contributed by atoms with E-state index in [0.717, 1.165) is 15.8 Å². The summed E-state index contributed by atoms with van der Waals surface area (Å²) in [4.78, 5) is 31.0. The van der Waals surface area contributed by atoms with Gasteiger partial charge in [-0.25, -0.2) is 4.98 Å². The van der Waals surface area contributed by atoms with Gasteiger partial charge in [-0.2, -0.15) is 0 Å². The number of halogens is 1. The van der Waals surface area contributed by atoms with Crippen molar-refractivity contribution in [2.45, 2.75) is 13.3 Å². The van der Waals surface area contributed by atoms with E-state index in [9.17, 15) is 9.59 Å². The number of thiazole rings is 1. The van der Waals surface area contributed by atoms with Crippen LogP contribution in [0.25, 0.3) is 10.2 Å². The monoisotopic (exact) mass is 385 g/mol. The van der Waals surface area contributed by atoms with Crippen molar-refractivity contribution >= 4 is 55.8 Å². The second kappa shape index (κ2) is 6.70. The highest BCUT2D eigenvalue weighted by atomic mass is 35.5. The summed E-state index contributed by atoms with van der Waals surface area (Å²) in [6.45, 7) is 2.36. The molecular formula is C19H16ClN3O2S. The molecule has 1 aliphatic rings. The number of fused-ring (bicyclic) bond motifs is 1. The second-order valence-corrected chi connectivity index (χ2v) is 7.83. The summed E-state index contributed by atoms with van der Waals surface area (Å²) in [5.41, 5.74) is 2.73. The molecule has 1 N–H and O–H groups in total. The van der Waals surface area contributed by atoms with Crippen molar-refractivity contribution < 1.29 is 9.59 Å². The number of nitrogens with one attached hydrogen (secondary N) is 1. The maximum Gasteiger partial charge on any atom is 0.231 e. The Morgan fingerprint density at radius 3 is 2.96 bits per heavy atom. The van der Waals surface area contributed by atoms with Crippen molar-refractivity contribution in [1.29, 1.82) is 0 Å². The van der Waals surface area contributed by atoms with Crippen LogP contribution in [0.3, 0.4) is 0 Å². The molecule has 1 aromatic heterocycles. The Balaban J connectivity index is 1.49. The molecule has 26 heavy (non-hydrogen) atoms. The summed E-state index contributed by atoms with van der Waals surface area (Å²) in [7, 11) is 0. The Kier molecular flexibility index (Phi) is 4.38. The molecule has 1 fully saturated rings. The van der Waals surface area contributed by atoms with Gasteiger partial charge < -0.3 is 10.2 Å². The SMILES string of the molecule is Cc1ccc2nc(NC(=O)[C@H]3CC(=O)N(c4cccc(Cl)c4)C3)sc2c1. The summed E-state index contributed by atoms with van der Waals surface area (Å²) in [6.07, 6.45) is 0.183. The molecule has 0 unspecified atom stereocenters. The first-order valence-electron chi connectivity index (χ1n) is 8.23. The van der Waals surface area contributed by atoms with E-state index in [2.05, 4.69) is 10.3 Å². The van der Waals surface area contributed by atoms with Gasteiger partial charge in [0.2, 0.25) is 11.8 Å². The predicted octanol–water partition coefficient (Wildman–Crippen LogP) is 4.25. The van der Waals surface area contributed by atoms with Gasteiger partial charge in [-0.3, -0.25) is 9.59 Å². The van der Waals surface area contributed by atoms with Gasteiger partial charge in [-0.15, -0.1) is 0 Å². The number of hydrogen-bond acceptors (Lipinski definition) is 4. The van der Waals surface area contributed by atoms with Crippen LogP contribution in [-0.4, -0.2) is 23.3 Å². The quantitative estimate of drug-likeness (QED) is 0.733. The van der Waals surface area contributed by atoms with Crippen LogP contribution in [0.4, 0.5) is 10.8 Å². The molecule has 5 nitrogen and oxygen atoms in total. The zero-order valence-corrected chi connectivity index (χ0v) is 15.6. The van der Waals surface area contributed by atoms with E-state index in [4.69, 9.17) is 11.6 Å². The van der Waals surface area contributed by atoms with Crippen molar-refractivity contribution in [3.63, 3.8) is 0 Å². The summed E-state index contributed by atoms with van der Waals surface area (Å²) in [5.74, 6) is -0.666. The normalized spacial score (nSPS) is 17.1. The standard InChI is InChI=1S/C19H16ClN3O2S/c1-11-5-6-15-16(7-11)26-19(21-15)22-18(25)12-8-17(24)23(10-12)14-4-2-3-13(20)9-14/h2-7,9,12H,8,10H2,1H3,(H,21,22,25)/t12-/m0/s1. The molecule has 2 heterocycles. The van der Waals surface area contributed by atoms with E-state index in [0.29, 0.717) is 22.4 Å². The van der Waals surface area contributed by atoms with Crippen LogP contribution in [-0.2, 0) is 9.59 Å². The van der Waals surface area contributed by atoms with Crippen molar-refractivity contribution in [3.05, 3.63) is 53.1 Å². The Morgan fingerprint density at radius 1 is 1.31 bits per heavy atom. The summed E-state index contributed by atoms with van der Waals surface area (Å²) < 4.78 is 1.03. The highest BCUT2D eigenvalue weighted by molar-refractivity contribution is 7.22. The van der Waals surface area contributed by atoms with Crippen LogP contribution in [0.15, 0.2) is 42.5 Å². The van der Waals surface area contributed by atoms with Crippen molar-refractivity contribution in [1.82, 2.24) is 4.98 Å². The van der Waals surface area contributed by atoms with Crippen LogP contribution in [0.1, 0.15) is 12.0 Å². The number of rotatable bonds is 3. The van der Waals surface area contributed by atoms with Gasteiger partial charge in [-0.1, -0.05) is 35.1 Å². The molecular weight excluding hydrogens is 370 g/mol. The van der Waals surface area contributed by atoms with E-state index >= 15 is 0 Å². The summed E-state index contributed by atoms with van der Waals surface area (Å²) >= 11 is 7.44. The molecule has 2 amide bonds. The van der Waals surface area contributed by atoms with Gasteiger partial charge in [0.1, 0.15) is 0 Å². The predicted molar refractivity (Wildman–Crippen MR) is 105 cm³/mol. The first-order valence-corrected chi connectivity index (χ1v) is 9.43. The average molecular weight is 386 g/mol. The van der Waals surface area contributed by atoms with E-state index in [1.54, 1.807) is 23.1 Å². The number of hydrogen-bond donors (Lipinski definition) is 1. The second-order valence-electron chi connectivity index (χ2n) is 6.36. The first-order chi connectivity index (χ1) is 12.5.